The van der Waals surface area contributed by atoms with Gasteiger partial charge in [0.25, 0.3) is 5.91 Å². The molecule has 1 aromatic carbocycles. The summed E-state index contributed by atoms with van der Waals surface area (Å²) in [5, 5.41) is 5.73. The number of amides is 3. The molecule has 4 fully saturated rings. The third-order valence-corrected chi connectivity index (χ3v) is 5.86. The van der Waals surface area contributed by atoms with E-state index in [9.17, 15) is 18.8 Å². The molecule has 136 valence electrons. The minimum absolute atomic E-state index is 0.207. The van der Waals surface area contributed by atoms with E-state index in [1.165, 1.54) is 17.0 Å². The van der Waals surface area contributed by atoms with Crippen molar-refractivity contribution in [3.05, 3.63) is 29.1 Å². The second kappa shape index (κ2) is 5.51. The number of rotatable bonds is 2. The maximum absolute atomic E-state index is 14.2. The standard InChI is InChI=1S/C18H19FN4O3/c19-9-3-12-13(15(4-9)22-6-10-5-11(7-22)20-10)8-23(18(12)26)14-1-2-16(24)21-17(14)25/h3-4,10-11,14,20H,1-2,5-8H2,(H,21,24,25). The van der Waals surface area contributed by atoms with Gasteiger partial charge in [0.1, 0.15) is 11.9 Å². The molecule has 8 heteroatoms. The van der Waals surface area contributed by atoms with Crippen molar-refractivity contribution in [2.75, 3.05) is 18.0 Å². The molecule has 0 aliphatic carbocycles. The van der Waals surface area contributed by atoms with Gasteiger partial charge in [-0.05, 0) is 25.0 Å². The van der Waals surface area contributed by atoms with Crippen molar-refractivity contribution in [1.29, 1.82) is 0 Å². The predicted molar refractivity (Wildman–Crippen MR) is 90.0 cm³/mol. The van der Waals surface area contributed by atoms with Gasteiger partial charge in [-0.1, -0.05) is 0 Å². The van der Waals surface area contributed by atoms with Crippen LogP contribution in [0.2, 0.25) is 0 Å². The fourth-order valence-electron chi connectivity index (χ4n) is 4.60. The predicted octanol–water partition coefficient (Wildman–Crippen LogP) is 0.137. The third kappa shape index (κ3) is 2.32. The lowest BCUT2D eigenvalue weighted by Gasteiger charge is -2.49. The molecule has 3 amide bonds. The Balaban J connectivity index is 1.47. The molecule has 26 heavy (non-hydrogen) atoms. The van der Waals surface area contributed by atoms with Crippen molar-refractivity contribution in [1.82, 2.24) is 15.5 Å². The van der Waals surface area contributed by atoms with Crippen LogP contribution in [0.3, 0.4) is 0 Å². The summed E-state index contributed by atoms with van der Waals surface area (Å²) in [4.78, 5) is 40.0. The average molecular weight is 358 g/mol. The maximum Gasteiger partial charge on any atom is 0.255 e. The summed E-state index contributed by atoms with van der Waals surface area (Å²) in [5.41, 5.74) is 1.86. The zero-order valence-electron chi connectivity index (χ0n) is 14.1. The Labute approximate surface area is 149 Å². The number of carbonyl (C=O) groups excluding carboxylic acids is 3. The Morgan fingerprint density at radius 2 is 1.85 bits per heavy atom. The number of nitrogens with zero attached hydrogens (tertiary/aromatic N) is 2. The van der Waals surface area contributed by atoms with Gasteiger partial charge in [0, 0.05) is 55.0 Å². The van der Waals surface area contributed by atoms with Crippen LogP contribution in [0.25, 0.3) is 0 Å². The Morgan fingerprint density at radius 3 is 2.54 bits per heavy atom. The van der Waals surface area contributed by atoms with E-state index in [1.54, 1.807) is 0 Å². The smallest absolute Gasteiger partial charge is 0.255 e. The van der Waals surface area contributed by atoms with E-state index in [2.05, 4.69) is 15.5 Å². The number of benzene rings is 1. The molecule has 1 aromatic rings. The monoisotopic (exact) mass is 358 g/mol. The van der Waals surface area contributed by atoms with E-state index in [-0.39, 0.29) is 24.8 Å². The van der Waals surface area contributed by atoms with E-state index in [0.717, 1.165) is 30.8 Å². The molecule has 4 saturated heterocycles. The third-order valence-electron chi connectivity index (χ3n) is 5.86. The Bertz CT molecular complexity index is 826. The number of nitrogens with one attached hydrogen (secondary N) is 2. The number of piperazine rings is 1. The van der Waals surface area contributed by atoms with Crippen LogP contribution >= 0.6 is 0 Å². The molecule has 3 unspecified atom stereocenters. The van der Waals surface area contributed by atoms with E-state index in [4.69, 9.17) is 0 Å². The van der Waals surface area contributed by atoms with E-state index < -0.39 is 17.8 Å². The SMILES string of the molecule is O=C1CCC(N2Cc3c(cc(F)cc3N3CC4CC(C3)N4)C2=O)C(=O)N1. The number of hydrogen-bond acceptors (Lipinski definition) is 5. The van der Waals surface area contributed by atoms with Crippen LogP contribution in [0.15, 0.2) is 12.1 Å². The first-order chi connectivity index (χ1) is 12.5. The number of fused-ring (bicyclic) bond motifs is 3. The Hall–Kier alpha value is -2.48. The fourth-order valence-corrected chi connectivity index (χ4v) is 4.60. The van der Waals surface area contributed by atoms with Crippen LogP contribution in [0.1, 0.15) is 35.2 Å². The number of halogens is 1. The highest BCUT2D eigenvalue weighted by Gasteiger charge is 2.42. The van der Waals surface area contributed by atoms with Crippen molar-refractivity contribution in [3.63, 3.8) is 0 Å². The average Bonchev–Trinajstić information content (AvgIpc) is 2.91. The lowest BCUT2D eigenvalue weighted by Crippen LogP contribution is -2.67. The highest BCUT2D eigenvalue weighted by atomic mass is 19.1. The van der Waals surface area contributed by atoms with Gasteiger partial charge in [0.05, 0.1) is 0 Å². The van der Waals surface area contributed by atoms with Crippen LogP contribution < -0.4 is 15.5 Å². The molecule has 5 aliphatic rings. The number of carbonyl (C=O) groups is 3. The maximum atomic E-state index is 14.2. The van der Waals surface area contributed by atoms with Gasteiger partial charge in [-0.3, -0.25) is 19.7 Å². The molecule has 5 aliphatic heterocycles. The van der Waals surface area contributed by atoms with Gasteiger partial charge in [-0.2, -0.15) is 0 Å². The quantitative estimate of drug-likeness (QED) is 0.735. The van der Waals surface area contributed by atoms with Crippen LogP contribution in [-0.4, -0.2) is 53.8 Å². The van der Waals surface area contributed by atoms with Crippen molar-refractivity contribution in [2.45, 2.75) is 43.9 Å². The first-order valence-electron chi connectivity index (χ1n) is 8.97. The van der Waals surface area contributed by atoms with Crippen LogP contribution in [-0.2, 0) is 16.1 Å². The topological polar surface area (TPSA) is 81.8 Å². The van der Waals surface area contributed by atoms with Gasteiger partial charge in [0.2, 0.25) is 11.8 Å². The summed E-state index contributed by atoms with van der Waals surface area (Å²) in [6.45, 7) is 1.85. The number of anilines is 1. The number of piperidine rings is 2. The van der Waals surface area contributed by atoms with Crippen molar-refractivity contribution in [2.24, 2.45) is 0 Å². The molecule has 3 atom stereocenters. The number of hydrogen-bond donors (Lipinski definition) is 2. The first kappa shape index (κ1) is 15.7. The lowest BCUT2D eigenvalue weighted by atomic mass is 9.90. The molecule has 7 nitrogen and oxygen atoms in total. The van der Waals surface area contributed by atoms with Crippen molar-refractivity contribution in [3.8, 4) is 0 Å². The largest absolute Gasteiger partial charge is 0.368 e. The van der Waals surface area contributed by atoms with Crippen LogP contribution in [0.5, 0.6) is 0 Å². The van der Waals surface area contributed by atoms with Crippen LogP contribution in [0, 0.1) is 5.82 Å². The molecule has 0 spiro atoms. The lowest BCUT2D eigenvalue weighted by molar-refractivity contribution is -0.136. The minimum Gasteiger partial charge on any atom is -0.368 e. The summed E-state index contributed by atoms with van der Waals surface area (Å²) in [6.07, 6.45) is 1.65. The van der Waals surface area contributed by atoms with Gasteiger partial charge in [-0.25, -0.2) is 4.39 Å². The van der Waals surface area contributed by atoms with Crippen molar-refractivity contribution >= 4 is 23.4 Å². The van der Waals surface area contributed by atoms with E-state index >= 15 is 0 Å². The normalized spacial score (nSPS) is 30.2. The van der Waals surface area contributed by atoms with Crippen LogP contribution in [0.4, 0.5) is 10.1 Å². The molecule has 0 radical (unpaired) electrons. The van der Waals surface area contributed by atoms with Gasteiger partial charge < -0.3 is 15.1 Å². The van der Waals surface area contributed by atoms with Crippen molar-refractivity contribution < 1.29 is 18.8 Å². The minimum atomic E-state index is -0.681. The molecule has 6 rings (SSSR count). The second-order valence-electron chi connectivity index (χ2n) is 7.55. The van der Waals surface area contributed by atoms with E-state index in [0.29, 0.717) is 24.1 Å². The zero-order valence-corrected chi connectivity index (χ0v) is 14.1. The molecular formula is C18H19FN4O3. The molecular weight excluding hydrogens is 339 g/mol. The Morgan fingerprint density at radius 1 is 1.12 bits per heavy atom. The summed E-state index contributed by atoms with van der Waals surface area (Å²) >= 11 is 0. The number of imide groups is 1. The summed E-state index contributed by atoms with van der Waals surface area (Å²) < 4.78 is 14.2. The summed E-state index contributed by atoms with van der Waals surface area (Å²) in [7, 11) is 0. The van der Waals surface area contributed by atoms with Gasteiger partial charge in [-0.15, -0.1) is 0 Å². The second-order valence-corrected chi connectivity index (χ2v) is 7.55. The Kier molecular flexibility index (Phi) is 3.34. The highest BCUT2D eigenvalue weighted by molar-refractivity contribution is 6.06. The highest BCUT2D eigenvalue weighted by Crippen LogP contribution is 2.37. The molecule has 2 bridgehead atoms. The zero-order chi connectivity index (χ0) is 18.0. The van der Waals surface area contributed by atoms with E-state index in [1.807, 2.05) is 0 Å². The molecule has 2 N–H and O–H groups in total. The fraction of sp³-hybridized carbons (Fsp3) is 0.500. The molecule has 5 heterocycles. The molecule has 0 saturated carbocycles. The summed E-state index contributed by atoms with van der Waals surface area (Å²) in [6, 6.07) is 2.90. The molecule has 0 aromatic heterocycles. The van der Waals surface area contributed by atoms with Gasteiger partial charge >= 0.3 is 0 Å². The van der Waals surface area contributed by atoms with Gasteiger partial charge in [0.15, 0.2) is 0 Å². The first-order valence-corrected chi connectivity index (χ1v) is 8.97. The summed E-state index contributed by atoms with van der Waals surface area (Å²) in [5.74, 6) is -1.55.